The Hall–Kier alpha value is -0.590. The molecule has 90 valence electrons. The summed E-state index contributed by atoms with van der Waals surface area (Å²) in [6.07, 6.45) is -5.49. The molecule has 0 saturated carbocycles. The maximum Gasteiger partial charge on any atom is 0.412 e. The van der Waals surface area contributed by atoms with E-state index in [1.807, 2.05) is 0 Å². The van der Waals surface area contributed by atoms with Gasteiger partial charge in [-0.25, -0.2) is 0 Å². The van der Waals surface area contributed by atoms with Crippen LogP contribution >= 0.6 is 7.60 Å². The van der Waals surface area contributed by atoms with Crippen molar-refractivity contribution >= 4 is 13.6 Å². The molecule has 0 aliphatic carbocycles. The van der Waals surface area contributed by atoms with Crippen LogP contribution in [-0.2, 0) is 23.1 Å². The highest BCUT2D eigenvalue weighted by Gasteiger charge is 2.35. The van der Waals surface area contributed by atoms with Gasteiger partial charge in [-0.05, 0) is 0 Å². The Kier molecular flexibility index (Phi) is 5.27. The van der Waals surface area contributed by atoms with Crippen molar-refractivity contribution in [3.63, 3.8) is 0 Å². The molecule has 0 bridgehead atoms. The molecule has 0 rings (SSSR count). The zero-order valence-electron chi connectivity index (χ0n) is 8.04. The van der Waals surface area contributed by atoms with Crippen LogP contribution in [0.5, 0.6) is 0 Å². The topological polar surface area (TPSA) is 61.8 Å². The molecule has 0 radical (unpaired) electrons. The highest BCUT2D eigenvalue weighted by atomic mass is 31.2. The Bertz CT molecular complexity index is 264. The Morgan fingerprint density at radius 3 is 2.20 bits per heavy atom. The third kappa shape index (κ3) is 6.48. The highest BCUT2D eigenvalue weighted by molar-refractivity contribution is 7.54. The maximum atomic E-state index is 11.7. The van der Waals surface area contributed by atoms with E-state index in [4.69, 9.17) is 0 Å². The number of ether oxygens (including phenoxy) is 1. The summed E-state index contributed by atoms with van der Waals surface area (Å²) in [5.41, 5.74) is 0. The van der Waals surface area contributed by atoms with Crippen molar-refractivity contribution in [1.29, 1.82) is 0 Å². The summed E-state index contributed by atoms with van der Waals surface area (Å²) in [5.74, 6) is -0.970. The van der Waals surface area contributed by atoms with Gasteiger partial charge in [-0.15, -0.1) is 0 Å². The average molecular weight is 250 g/mol. The first-order valence-electron chi connectivity index (χ1n) is 3.65. The number of carbonyl (C=O) groups is 1. The van der Waals surface area contributed by atoms with Gasteiger partial charge in [0.05, 0.1) is 7.11 Å². The summed E-state index contributed by atoms with van der Waals surface area (Å²) >= 11 is 0. The lowest BCUT2D eigenvalue weighted by Gasteiger charge is -2.16. The average Bonchev–Trinajstić information content (AvgIpc) is 2.14. The van der Waals surface area contributed by atoms with Crippen molar-refractivity contribution in [2.24, 2.45) is 0 Å². The van der Waals surface area contributed by atoms with E-state index in [0.29, 0.717) is 0 Å². The van der Waals surface area contributed by atoms with Crippen LogP contribution in [0.1, 0.15) is 0 Å². The predicted octanol–water partition coefficient (Wildman–Crippen LogP) is 1.58. The summed E-state index contributed by atoms with van der Waals surface area (Å²) in [7, 11) is -2.17. The number of hydrogen-bond donors (Lipinski definition) is 0. The standard InChI is InChI=1S/C6H10F3O5P/c1-12-5(10)3-15(11,13-2)14-4-6(7,8)9/h3-4H2,1-2H3/t15-/m1/s1. The van der Waals surface area contributed by atoms with Gasteiger partial charge < -0.3 is 9.26 Å². The van der Waals surface area contributed by atoms with Crippen LogP contribution in [-0.4, -0.2) is 39.1 Å². The Labute approximate surface area is 84.0 Å². The minimum atomic E-state index is -4.63. The smallest absolute Gasteiger partial charge is 0.412 e. The van der Waals surface area contributed by atoms with Gasteiger partial charge in [0, 0.05) is 7.11 Å². The van der Waals surface area contributed by atoms with Gasteiger partial charge in [0.15, 0.2) is 6.61 Å². The molecule has 0 spiro atoms. The molecule has 0 heterocycles. The zero-order valence-corrected chi connectivity index (χ0v) is 8.93. The monoisotopic (exact) mass is 250 g/mol. The number of alkyl halides is 3. The number of esters is 1. The van der Waals surface area contributed by atoms with E-state index in [1.165, 1.54) is 0 Å². The molecule has 0 N–H and O–H groups in total. The largest absolute Gasteiger partial charge is 0.469 e. The number of rotatable bonds is 5. The van der Waals surface area contributed by atoms with Crippen LogP contribution in [0.3, 0.4) is 0 Å². The van der Waals surface area contributed by atoms with Gasteiger partial charge in [-0.1, -0.05) is 0 Å². The lowest BCUT2D eigenvalue weighted by molar-refractivity contribution is -0.155. The molecule has 0 aliphatic rings. The molecule has 0 aromatic heterocycles. The third-order valence-electron chi connectivity index (χ3n) is 1.25. The normalized spacial score (nSPS) is 15.8. The summed E-state index contributed by atoms with van der Waals surface area (Å²) in [6, 6.07) is 0. The number of carbonyl (C=O) groups excluding carboxylic acids is 1. The van der Waals surface area contributed by atoms with E-state index < -0.39 is 32.5 Å². The lowest BCUT2D eigenvalue weighted by Crippen LogP contribution is -2.18. The first kappa shape index (κ1) is 14.4. The second-order valence-electron chi connectivity index (χ2n) is 2.42. The molecular weight excluding hydrogens is 240 g/mol. The molecular formula is C6H10F3O5P. The van der Waals surface area contributed by atoms with Crippen molar-refractivity contribution in [2.45, 2.75) is 6.18 Å². The third-order valence-corrected chi connectivity index (χ3v) is 2.98. The van der Waals surface area contributed by atoms with Gasteiger partial charge in [0.2, 0.25) is 0 Å². The minimum Gasteiger partial charge on any atom is -0.469 e. The van der Waals surface area contributed by atoms with Crippen molar-refractivity contribution in [3.05, 3.63) is 0 Å². The first-order chi connectivity index (χ1) is 6.72. The molecule has 0 unspecified atom stereocenters. The van der Waals surface area contributed by atoms with E-state index in [0.717, 1.165) is 14.2 Å². The minimum absolute atomic E-state index is 0.851. The second-order valence-corrected chi connectivity index (χ2v) is 4.58. The Balaban J connectivity index is 4.32. The fourth-order valence-electron chi connectivity index (χ4n) is 0.557. The highest BCUT2D eigenvalue weighted by Crippen LogP contribution is 2.48. The quantitative estimate of drug-likeness (QED) is 0.547. The van der Waals surface area contributed by atoms with E-state index in [2.05, 4.69) is 13.8 Å². The fraction of sp³-hybridized carbons (Fsp3) is 0.833. The number of methoxy groups -OCH3 is 1. The molecule has 15 heavy (non-hydrogen) atoms. The van der Waals surface area contributed by atoms with Gasteiger partial charge in [0.25, 0.3) is 0 Å². The van der Waals surface area contributed by atoms with Crippen molar-refractivity contribution < 1.29 is 36.3 Å². The molecule has 0 aromatic carbocycles. The van der Waals surface area contributed by atoms with Gasteiger partial charge in [-0.2, -0.15) is 13.2 Å². The first-order valence-corrected chi connectivity index (χ1v) is 5.38. The van der Waals surface area contributed by atoms with Crippen molar-refractivity contribution in [2.75, 3.05) is 27.0 Å². The molecule has 9 heteroatoms. The molecule has 0 fully saturated rings. The van der Waals surface area contributed by atoms with Gasteiger partial charge in [0.1, 0.15) is 6.16 Å². The lowest BCUT2D eigenvalue weighted by atomic mass is 10.7. The SMILES string of the molecule is COC(=O)C[P@@](=O)(OC)OCC(F)(F)F. The molecule has 5 nitrogen and oxygen atoms in total. The van der Waals surface area contributed by atoms with E-state index in [9.17, 15) is 22.5 Å². The van der Waals surface area contributed by atoms with Crippen LogP contribution in [0, 0.1) is 0 Å². The summed E-state index contributed by atoms with van der Waals surface area (Å²) in [4.78, 5) is 10.7. The van der Waals surface area contributed by atoms with Crippen molar-refractivity contribution in [1.82, 2.24) is 0 Å². The molecule has 0 amide bonds. The van der Waals surface area contributed by atoms with Crippen LogP contribution in [0.4, 0.5) is 13.2 Å². The number of hydrogen-bond acceptors (Lipinski definition) is 5. The maximum absolute atomic E-state index is 11.7. The van der Waals surface area contributed by atoms with E-state index in [1.54, 1.807) is 0 Å². The molecule has 0 aliphatic heterocycles. The molecule has 1 atom stereocenters. The fourth-order valence-corrected chi connectivity index (χ4v) is 1.67. The molecule has 0 aromatic rings. The van der Waals surface area contributed by atoms with Crippen LogP contribution in [0.15, 0.2) is 0 Å². The van der Waals surface area contributed by atoms with Crippen molar-refractivity contribution in [3.8, 4) is 0 Å². The summed E-state index contributed by atoms with van der Waals surface area (Å²) < 4.78 is 58.9. The predicted molar refractivity (Wildman–Crippen MR) is 43.5 cm³/mol. The van der Waals surface area contributed by atoms with Gasteiger partial charge in [-0.3, -0.25) is 13.9 Å². The Morgan fingerprint density at radius 2 is 1.87 bits per heavy atom. The number of halogens is 3. The molecule has 0 saturated heterocycles. The van der Waals surface area contributed by atoms with Gasteiger partial charge >= 0.3 is 19.7 Å². The van der Waals surface area contributed by atoms with Crippen LogP contribution in [0.25, 0.3) is 0 Å². The second kappa shape index (κ2) is 5.48. The van der Waals surface area contributed by atoms with Crippen LogP contribution in [0.2, 0.25) is 0 Å². The van der Waals surface area contributed by atoms with E-state index in [-0.39, 0.29) is 0 Å². The van der Waals surface area contributed by atoms with E-state index >= 15 is 0 Å². The summed E-state index contributed by atoms with van der Waals surface area (Å²) in [5, 5.41) is 0. The van der Waals surface area contributed by atoms with Crippen LogP contribution < -0.4 is 0 Å². The zero-order chi connectivity index (χ0) is 12.1. The summed E-state index contributed by atoms with van der Waals surface area (Å²) in [6.45, 7) is -1.74. The Morgan fingerprint density at radius 1 is 1.33 bits per heavy atom.